The molecule has 2 aromatic rings. The second kappa shape index (κ2) is 10.4. The number of carbonyl (C=O) groups excluding carboxylic acids is 2. The number of para-hydroxylation sites is 1. The van der Waals surface area contributed by atoms with Gasteiger partial charge in [-0.05, 0) is 50.1 Å². The van der Waals surface area contributed by atoms with Gasteiger partial charge in [-0.25, -0.2) is 13.8 Å². The topological polar surface area (TPSA) is 94.3 Å². The molecule has 2 rings (SSSR count). The standard InChI is InChI=1S/C19H20F3N3O3/c20-12-5-3-6-13(21)18(12)28-11-16(26)14(7-1-2-10-23)25-19(27)15-8-4-9-17(22)24-15/h3-6,8-9,14H,1-2,7,10-11,23H2,(H,25,27)/t14-/m0/s1. The summed E-state index contributed by atoms with van der Waals surface area (Å²) in [5.41, 5.74) is 5.24. The number of nitrogens with two attached hydrogens (primary N) is 1. The van der Waals surface area contributed by atoms with Crippen LogP contribution in [0.3, 0.4) is 0 Å². The molecule has 0 saturated carbocycles. The molecule has 0 unspecified atom stereocenters. The van der Waals surface area contributed by atoms with Gasteiger partial charge in [0, 0.05) is 0 Å². The lowest BCUT2D eigenvalue weighted by atomic mass is 10.1. The van der Waals surface area contributed by atoms with Crippen LogP contribution in [0.4, 0.5) is 13.2 Å². The highest BCUT2D eigenvalue weighted by Gasteiger charge is 2.23. The predicted octanol–water partition coefficient (Wildman–Crippen LogP) is 2.37. The fraction of sp³-hybridized carbons (Fsp3) is 0.316. The Labute approximate surface area is 159 Å². The first-order valence-corrected chi connectivity index (χ1v) is 8.65. The van der Waals surface area contributed by atoms with Crippen LogP contribution in [-0.2, 0) is 4.79 Å². The summed E-state index contributed by atoms with van der Waals surface area (Å²) < 4.78 is 45.4. The maximum Gasteiger partial charge on any atom is 0.270 e. The van der Waals surface area contributed by atoms with E-state index in [0.717, 1.165) is 18.2 Å². The van der Waals surface area contributed by atoms with Crippen molar-refractivity contribution in [2.24, 2.45) is 5.73 Å². The average Bonchev–Trinajstić information content (AvgIpc) is 2.66. The number of ether oxygens (including phenoxy) is 1. The third kappa shape index (κ3) is 6.05. The van der Waals surface area contributed by atoms with E-state index in [1.807, 2.05) is 0 Å². The summed E-state index contributed by atoms with van der Waals surface area (Å²) in [6, 6.07) is 5.85. The van der Waals surface area contributed by atoms with Crippen LogP contribution in [0.15, 0.2) is 36.4 Å². The summed E-state index contributed by atoms with van der Waals surface area (Å²) in [6.45, 7) is -0.251. The molecule has 6 nitrogen and oxygen atoms in total. The van der Waals surface area contributed by atoms with Gasteiger partial charge in [-0.3, -0.25) is 9.59 Å². The molecule has 9 heteroatoms. The van der Waals surface area contributed by atoms with Crippen molar-refractivity contribution in [3.8, 4) is 5.75 Å². The maximum atomic E-state index is 13.6. The van der Waals surface area contributed by atoms with Crippen LogP contribution in [0.5, 0.6) is 5.75 Å². The lowest BCUT2D eigenvalue weighted by Crippen LogP contribution is -2.43. The van der Waals surface area contributed by atoms with E-state index in [1.54, 1.807) is 0 Å². The lowest BCUT2D eigenvalue weighted by Gasteiger charge is -2.18. The highest BCUT2D eigenvalue weighted by molar-refractivity contribution is 5.96. The number of carbonyl (C=O) groups is 2. The van der Waals surface area contributed by atoms with Crippen LogP contribution in [0.25, 0.3) is 0 Å². The number of ketones is 1. The number of benzene rings is 1. The normalized spacial score (nSPS) is 11.7. The number of hydrogen-bond donors (Lipinski definition) is 2. The van der Waals surface area contributed by atoms with E-state index in [9.17, 15) is 22.8 Å². The Balaban J connectivity index is 2.06. The van der Waals surface area contributed by atoms with E-state index < -0.39 is 47.7 Å². The molecule has 0 radical (unpaired) electrons. The Morgan fingerprint density at radius 2 is 1.75 bits per heavy atom. The molecule has 1 atom stereocenters. The molecular formula is C19H20F3N3O3. The van der Waals surface area contributed by atoms with Gasteiger partial charge in [0.1, 0.15) is 12.3 Å². The van der Waals surface area contributed by atoms with E-state index in [1.165, 1.54) is 18.2 Å². The number of rotatable bonds is 10. The first-order chi connectivity index (χ1) is 13.4. The second-order valence-electron chi connectivity index (χ2n) is 5.96. The van der Waals surface area contributed by atoms with Crippen molar-refractivity contribution < 1.29 is 27.5 Å². The number of aromatic nitrogens is 1. The van der Waals surface area contributed by atoms with Crippen LogP contribution in [0.2, 0.25) is 0 Å². The summed E-state index contributed by atoms with van der Waals surface area (Å²) in [5.74, 6) is -4.74. The van der Waals surface area contributed by atoms with Crippen molar-refractivity contribution in [3.63, 3.8) is 0 Å². The van der Waals surface area contributed by atoms with Gasteiger partial charge in [-0.2, -0.15) is 4.39 Å². The highest BCUT2D eigenvalue weighted by atomic mass is 19.1. The lowest BCUT2D eigenvalue weighted by molar-refractivity contribution is -0.123. The third-order valence-electron chi connectivity index (χ3n) is 3.87. The van der Waals surface area contributed by atoms with Gasteiger partial charge >= 0.3 is 0 Å². The molecule has 1 aromatic carbocycles. The minimum absolute atomic E-state index is 0.197. The molecule has 0 aliphatic rings. The number of nitrogens with zero attached hydrogens (tertiary/aromatic N) is 1. The fourth-order valence-electron chi connectivity index (χ4n) is 2.44. The highest BCUT2D eigenvalue weighted by Crippen LogP contribution is 2.21. The van der Waals surface area contributed by atoms with E-state index in [-0.39, 0.29) is 12.1 Å². The quantitative estimate of drug-likeness (QED) is 0.476. The number of Topliss-reactive ketones (excluding diaryl/α,β-unsaturated/α-hetero) is 1. The Morgan fingerprint density at radius 3 is 2.39 bits per heavy atom. The molecule has 0 spiro atoms. The molecule has 1 aromatic heterocycles. The van der Waals surface area contributed by atoms with Crippen molar-refractivity contribution in [2.75, 3.05) is 13.2 Å². The van der Waals surface area contributed by atoms with Gasteiger partial charge in [0.25, 0.3) is 5.91 Å². The SMILES string of the molecule is NCCCC[C@H](NC(=O)c1cccc(F)n1)C(=O)COc1c(F)cccc1F. The van der Waals surface area contributed by atoms with Gasteiger partial charge in [-0.15, -0.1) is 0 Å². The molecule has 0 aliphatic carbocycles. The number of amides is 1. The summed E-state index contributed by atoms with van der Waals surface area (Å²) in [7, 11) is 0. The third-order valence-corrected chi connectivity index (χ3v) is 3.87. The maximum absolute atomic E-state index is 13.6. The number of halogens is 3. The zero-order valence-electron chi connectivity index (χ0n) is 15.0. The van der Waals surface area contributed by atoms with Crippen molar-refractivity contribution in [1.29, 1.82) is 0 Å². The Morgan fingerprint density at radius 1 is 1.07 bits per heavy atom. The molecule has 0 saturated heterocycles. The zero-order valence-corrected chi connectivity index (χ0v) is 15.0. The van der Waals surface area contributed by atoms with Gasteiger partial charge in [-0.1, -0.05) is 12.1 Å². The Bertz CT molecular complexity index is 813. The molecular weight excluding hydrogens is 375 g/mol. The Kier molecular flexibility index (Phi) is 7.94. The first kappa shape index (κ1) is 21.4. The molecule has 0 bridgehead atoms. The summed E-state index contributed by atoms with van der Waals surface area (Å²) in [6.07, 6.45) is 1.37. The van der Waals surface area contributed by atoms with E-state index in [4.69, 9.17) is 10.5 Å². The van der Waals surface area contributed by atoms with Crippen molar-refractivity contribution in [3.05, 3.63) is 59.7 Å². The zero-order chi connectivity index (χ0) is 20.5. The monoisotopic (exact) mass is 395 g/mol. The van der Waals surface area contributed by atoms with Gasteiger partial charge in [0.05, 0.1) is 6.04 Å². The number of unbranched alkanes of at least 4 members (excludes halogenated alkanes) is 1. The Hall–Kier alpha value is -2.94. The first-order valence-electron chi connectivity index (χ1n) is 8.65. The minimum atomic E-state index is -1.00. The molecule has 1 heterocycles. The van der Waals surface area contributed by atoms with Crippen LogP contribution in [0.1, 0.15) is 29.8 Å². The van der Waals surface area contributed by atoms with Crippen LogP contribution < -0.4 is 15.8 Å². The van der Waals surface area contributed by atoms with Crippen molar-refractivity contribution >= 4 is 11.7 Å². The summed E-state index contributed by atoms with van der Waals surface area (Å²) in [4.78, 5) is 28.2. The largest absolute Gasteiger partial charge is 0.480 e. The van der Waals surface area contributed by atoms with Crippen LogP contribution in [-0.4, -0.2) is 35.9 Å². The molecule has 0 fully saturated rings. The van der Waals surface area contributed by atoms with Crippen LogP contribution in [0, 0.1) is 17.6 Å². The van der Waals surface area contributed by atoms with Gasteiger partial charge in [0.15, 0.2) is 23.2 Å². The smallest absolute Gasteiger partial charge is 0.270 e. The minimum Gasteiger partial charge on any atom is -0.480 e. The molecule has 28 heavy (non-hydrogen) atoms. The number of pyridine rings is 1. The van der Waals surface area contributed by atoms with Crippen LogP contribution >= 0.6 is 0 Å². The van der Waals surface area contributed by atoms with Gasteiger partial charge in [0.2, 0.25) is 5.95 Å². The van der Waals surface area contributed by atoms with Crippen molar-refractivity contribution in [2.45, 2.75) is 25.3 Å². The molecule has 3 N–H and O–H groups in total. The number of nitrogens with one attached hydrogen (secondary N) is 1. The van der Waals surface area contributed by atoms with E-state index in [2.05, 4.69) is 10.3 Å². The average molecular weight is 395 g/mol. The number of hydrogen-bond acceptors (Lipinski definition) is 5. The molecule has 1 amide bonds. The van der Waals surface area contributed by atoms with Gasteiger partial charge < -0.3 is 15.8 Å². The second-order valence-corrected chi connectivity index (χ2v) is 5.96. The predicted molar refractivity (Wildman–Crippen MR) is 95.2 cm³/mol. The van der Waals surface area contributed by atoms with E-state index in [0.29, 0.717) is 19.4 Å². The molecule has 150 valence electrons. The molecule has 0 aliphatic heterocycles. The van der Waals surface area contributed by atoms with Crippen molar-refractivity contribution in [1.82, 2.24) is 10.3 Å². The van der Waals surface area contributed by atoms with E-state index >= 15 is 0 Å². The summed E-state index contributed by atoms with van der Waals surface area (Å²) in [5, 5.41) is 2.46. The summed E-state index contributed by atoms with van der Waals surface area (Å²) >= 11 is 0. The fourth-order valence-corrected chi connectivity index (χ4v) is 2.44.